The quantitative estimate of drug-likeness (QED) is 0.695. The summed E-state index contributed by atoms with van der Waals surface area (Å²) >= 11 is 0. The molecule has 1 N–H and O–H groups in total. The molecule has 0 bridgehead atoms. The summed E-state index contributed by atoms with van der Waals surface area (Å²) in [7, 11) is -2.83. The Kier molecular flexibility index (Phi) is 8.05. The molecule has 0 aliphatic carbocycles. The minimum Gasteiger partial charge on any atom is -0.314 e. The Morgan fingerprint density at radius 2 is 1.65 bits per heavy atom. The predicted molar refractivity (Wildman–Crippen MR) is 75.0 cm³/mol. The third-order valence-corrected chi connectivity index (χ3v) is 4.93. The Hall–Kier alpha value is -0.0900. The van der Waals surface area contributed by atoms with Crippen LogP contribution in [0.15, 0.2) is 0 Å². The Bertz CT molecular complexity index is 284. The van der Waals surface area contributed by atoms with Gasteiger partial charge in [0, 0.05) is 11.8 Å². The van der Waals surface area contributed by atoms with Crippen molar-refractivity contribution in [1.29, 1.82) is 0 Å². The van der Waals surface area contributed by atoms with Crippen molar-refractivity contribution in [2.24, 2.45) is 11.8 Å². The average molecular weight is 263 g/mol. The molecule has 0 aromatic rings. The van der Waals surface area contributed by atoms with Crippen molar-refractivity contribution in [2.45, 2.75) is 53.5 Å². The van der Waals surface area contributed by atoms with Crippen LogP contribution in [0.25, 0.3) is 0 Å². The van der Waals surface area contributed by atoms with Crippen LogP contribution < -0.4 is 5.32 Å². The highest BCUT2D eigenvalue weighted by atomic mass is 32.2. The van der Waals surface area contributed by atoms with Gasteiger partial charge in [-0.15, -0.1) is 0 Å². The lowest BCUT2D eigenvalue weighted by Crippen LogP contribution is -2.32. The maximum atomic E-state index is 11.7. The molecule has 4 heteroatoms. The summed E-state index contributed by atoms with van der Waals surface area (Å²) in [6, 6.07) is 0.462. The van der Waals surface area contributed by atoms with Crippen molar-refractivity contribution in [2.75, 3.05) is 18.1 Å². The zero-order valence-corrected chi connectivity index (χ0v) is 12.8. The lowest BCUT2D eigenvalue weighted by atomic mass is 9.93. The summed E-state index contributed by atoms with van der Waals surface area (Å²) in [4.78, 5) is 0. The topological polar surface area (TPSA) is 46.2 Å². The van der Waals surface area contributed by atoms with Crippen LogP contribution >= 0.6 is 0 Å². The van der Waals surface area contributed by atoms with E-state index in [1.165, 1.54) is 0 Å². The van der Waals surface area contributed by atoms with Crippen molar-refractivity contribution < 1.29 is 8.42 Å². The molecular formula is C13H29NO2S. The van der Waals surface area contributed by atoms with Crippen LogP contribution in [0.4, 0.5) is 0 Å². The van der Waals surface area contributed by atoms with Gasteiger partial charge in [0.2, 0.25) is 0 Å². The zero-order chi connectivity index (χ0) is 13.5. The van der Waals surface area contributed by atoms with E-state index in [2.05, 4.69) is 33.0 Å². The molecule has 1 atom stereocenters. The summed E-state index contributed by atoms with van der Waals surface area (Å²) < 4.78 is 23.4. The first kappa shape index (κ1) is 16.9. The third kappa shape index (κ3) is 8.61. The lowest BCUT2D eigenvalue weighted by Gasteiger charge is -2.22. The zero-order valence-electron chi connectivity index (χ0n) is 12.0. The van der Waals surface area contributed by atoms with E-state index < -0.39 is 9.84 Å². The van der Waals surface area contributed by atoms with Crippen molar-refractivity contribution in [3.8, 4) is 0 Å². The van der Waals surface area contributed by atoms with Gasteiger partial charge in [0.1, 0.15) is 9.84 Å². The van der Waals surface area contributed by atoms with Gasteiger partial charge in [-0.1, -0.05) is 34.6 Å². The molecule has 0 rings (SSSR count). The second-order valence-corrected chi connectivity index (χ2v) is 7.81. The first-order valence-corrected chi connectivity index (χ1v) is 8.54. The SMILES string of the molecule is CCCS(=O)(=O)CCC(CNC(C)C)C(C)C. The second kappa shape index (κ2) is 8.09. The first-order valence-electron chi connectivity index (χ1n) is 6.72. The van der Waals surface area contributed by atoms with Gasteiger partial charge in [0.25, 0.3) is 0 Å². The largest absolute Gasteiger partial charge is 0.314 e. The predicted octanol–water partition coefficient (Wildman–Crippen LogP) is 2.47. The van der Waals surface area contributed by atoms with E-state index >= 15 is 0 Å². The van der Waals surface area contributed by atoms with E-state index in [0.717, 1.165) is 19.4 Å². The molecule has 0 saturated heterocycles. The number of rotatable bonds is 9. The fourth-order valence-electron chi connectivity index (χ4n) is 1.80. The Balaban J connectivity index is 4.18. The molecule has 0 saturated carbocycles. The number of hydrogen-bond acceptors (Lipinski definition) is 3. The molecule has 17 heavy (non-hydrogen) atoms. The number of nitrogens with one attached hydrogen (secondary N) is 1. The van der Waals surface area contributed by atoms with Gasteiger partial charge in [-0.05, 0) is 31.2 Å². The maximum Gasteiger partial charge on any atom is 0.150 e. The molecule has 0 aliphatic rings. The van der Waals surface area contributed by atoms with Crippen LogP contribution in [-0.2, 0) is 9.84 Å². The Labute approximate surface area is 107 Å². The van der Waals surface area contributed by atoms with Crippen LogP contribution in [0.2, 0.25) is 0 Å². The molecule has 0 aromatic carbocycles. The van der Waals surface area contributed by atoms with Gasteiger partial charge in [0.05, 0.1) is 5.75 Å². The van der Waals surface area contributed by atoms with E-state index in [1.54, 1.807) is 0 Å². The van der Waals surface area contributed by atoms with Gasteiger partial charge in [-0.3, -0.25) is 0 Å². The molecule has 0 radical (unpaired) electrons. The summed E-state index contributed by atoms with van der Waals surface area (Å²) in [5, 5.41) is 3.40. The molecule has 0 aromatic heterocycles. The van der Waals surface area contributed by atoms with E-state index in [1.807, 2.05) is 6.92 Å². The smallest absolute Gasteiger partial charge is 0.150 e. The molecule has 1 unspecified atom stereocenters. The Morgan fingerprint density at radius 1 is 1.06 bits per heavy atom. The summed E-state index contributed by atoms with van der Waals surface area (Å²) in [6.07, 6.45) is 1.50. The average Bonchev–Trinajstić information content (AvgIpc) is 2.16. The normalized spacial score (nSPS) is 14.5. The van der Waals surface area contributed by atoms with E-state index in [-0.39, 0.29) is 0 Å². The molecule has 0 spiro atoms. The van der Waals surface area contributed by atoms with Crippen LogP contribution in [0.5, 0.6) is 0 Å². The van der Waals surface area contributed by atoms with Gasteiger partial charge < -0.3 is 5.32 Å². The van der Waals surface area contributed by atoms with E-state index in [0.29, 0.717) is 29.4 Å². The molecule has 0 fully saturated rings. The van der Waals surface area contributed by atoms with Crippen molar-refractivity contribution in [3.05, 3.63) is 0 Å². The molecule has 104 valence electrons. The fraction of sp³-hybridized carbons (Fsp3) is 1.00. The van der Waals surface area contributed by atoms with E-state index in [9.17, 15) is 8.42 Å². The first-order chi connectivity index (χ1) is 7.78. The second-order valence-electron chi connectivity index (χ2n) is 5.51. The third-order valence-electron chi connectivity index (χ3n) is 3.05. The van der Waals surface area contributed by atoms with Crippen molar-refractivity contribution >= 4 is 9.84 Å². The van der Waals surface area contributed by atoms with Crippen LogP contribution in [-0.4, -0.2) is 32.5 Å². The minimum absolute atomic E-state index is 0.329. The lowest BCUT2D eigenvalue weighted by molar-refractivity contribution is 0.342. The molecule has 0 amide bonds. The van der Waals surface area contributed by atoms with Gasteiger partial charge in [0.15, 0.2) is 0 Å². The monoisotopic (exact) mass is 263 g/mol. The Morgan fingerprint density at radius 3 is 2.06 bits per heavy atom. The highest BCUT2D eigenvalue weighted by molar-refractivity contribution is 7.91. The van der Waals surface area contributed by atoms with Gasteiger partial charge in [-0.25, -0.2) is 8.42 Å². The fourth-order valence-corrected chi connectivity index (χ4v) is 3.29. The minimum atomic E-state index is -2.83. The van der Waals surface area contributed by atoms with Gasteiger partial charge in [-0.2, -0.15) is 0 Å². The van der Waals surface area contributed by atoms with Crippen LogP contribution in [0.1, 0.15) is 47.5 Å². The van der Waals surface area contributed by atoms with Crippen LogP contribution in [0, 0.1) is 11.8 Å². The highest BCUT2D eigenvalue weighted by Gasteiger charge is 2.17. The number of sulfone groups is 1. The van der Waals surface area contributed by atoms with Crippen LogP contribution in [0.3, 0.4) is 0 Å². The summed E-state index contributed by atoms with van der Waals surface area (Å²) in [5.41, 5.74) is 0. The standard InChI is InChI=1S/C13H29NO2S/c1-6-8-17(15,16)9-7-13(11(2)3)10-14-12(4)5/h11-14H,6-10H2,1-5H3. The highest BCUT2D eigenvalue weighted by Crippen LogP contribution is 2.16. The molecule has 3 nitrogen and oxygen atoms in total. The summed E-state index contributed by atoms with van der Waals surface area (Å²) in [5.74, 6) is 1.64. The maximum absolute atomic E-state index is 11.7. The molecule has 0 aliphatic heterocycles. The number of hydrogen-bond donors (Lipinski definition) is 1. The van der Waals surface area contributed by atoms with Gasteiger partial charge >= 0.3 is 0 Å². The molecule has 0 heterocycles. The van der Waals surface area contributed by atoms with Crippen molar-refractivity contribution in [1.82, 2.24) is 5.32 Å². The van der Waals surface area contributed by atoms with E-state index in [4.69, 9.17) is 0 Å². The van der Waals surface area contributed by atoms with Crippen molar-refractivity contribution in [3.63, 3.8) is 0 Å². The molecular weight excluding hydrogens is 234 g/mol. The summed E-state index contributed by atoms with van der Waals surface area (Å²) in [6.45, 7) is 11.4.